The number of rotatable bonds is 6. The maximum absolute atomic E-state index is 4.69. The monoisotopic (exact) mass is 371 g/mol. The highest BCUT2D eigenvalue weighted by atomic mass is 15.3. The van der Waals surface area contributed by atoms with E-state index >= 15 is 0 Å². The first-order chi connectivity index (χ1) is 13.2. The fourth-order valence-corrected chi connectivity index (χ4v) is 2.92. The van der Waals surface area contributed by atoms with E-state index in [-0.39, 0.29) is 0 Å². The highest BCUT2D eigenvalue weighted by molar-refractivity contribution is 5.79. The first-order valence-corrected chi connectivity index (χ1v) is 9.39. The number of likely N-dealkylation sites (N-methyl/N-ethyl adjacent to an activating group) is 1. The van der Waals surface area contributed by atoms with E-state index in [2.05, 4.69) is 55.5 Å². The Morgan fingerprint density at radius 1 is 1.15 bits per heavy atom. The van der Waals surface area contributed by atoms with E-state index in [0.717, 1.165) is 55.9 Å². The predicted octanol–water partition coefficient (Wildman–Crippen LogP) is 0.217. The zero-order valence-electron chi connectivity index (χ0n) is 16.4. The average molecular weight is 371 g/mol. The molecule has 2 aromatic rings. The van der Waals surface area contributed by atoms with E-state index in [9.17, 15) is 0 Å². The lowest BCUT2D eigenvalue weighted by molar-refractivity contribution is 0.312. The van der Waals surface area contributed by atoms with E-state index in [1.807, 2.05) is 19.3 Å². The minimum Gasteiger partial charge on any atom is -0.357 e. The molecule has 0 spiro atoms. The second kappa shape index (κ2) is 9.31. The Bertz CT molecular complexity index is 747. The number of piperazine rings is 1. The van der Waals surface area contributed by atoms with Crippen molar-refractivity contribution in [3.63, 3.8) is 0 Å². The van der Waals surface area contributed by atoms with Crippen LogP contribution in [0.25, 0.3) is 0 Å². The van der Waals surface area contributed by atoms with Crippen LogP contribution in [0.15, 0.2) is 29.6 Å². The van der Waals surface area contributed by atoms with Gasteiger partial charge in [-0.15, -0.1) is 0 Å². The molecule has 0 amide bonds. The maximum Gasteiger partial charge on any atom is 0.191 e. The zero-order chi connectivity index (χ0) is 19.1. The summed E-state index contributed by atoms with van der Waals surface area (Å²) in [4.78, 5) is 18.1. The van der Waals surface area contributed by atoms with Crippen molar-refractivity contribution < 1.29 is 0 Å². The Morgan fingerprint density at radius 3 is 2.67 bits per heavy atom. The summed E-state index contributed by atoms with van der Waals surface area (Å²) < 4.78 is 1.75. The summed E-state index contributed by atoms with van der Waals surface area (Å²) in [7, 11) is 4.04. The van der Waals surface area contributed by atoms with E-state index in [4.69, 9.17) is 4.99 Å². The molecular formula is C18H29N9. The number of aromatic nitrogens is 4. The molecule has 9 nitrogen and oxygen atoms in total. The Hall–Kier alpha value is -2.68. The summed E-state index contributed by atoms with van der Waals surface area (Å²) in [6.07, 6.45) is 3.43. The Morgan fingerprint density at radius 2 is 1.96 bits per heavy atom. The van der Waals surface area contributed by atoms with Crippen LogP contribution in [-0.4, -0.2) is 70.4 Å². The number of aliphatic imine (C=N–C) groups is 1. The van der Waals surface area contributed by atoms with E-state index in [1.54, 1.807) is 11.0 Å². The summed E-state index contributed by atoms with van der Waals surface area (Å²) in [5.74, 6) is 2.66. The van der Waals surface area contributed by atoms with Crippen molar-refractivity contribution in [1.29, 1.82) is 0 Å². The van der Waals surface area contributed by atoms with Gasteiger partial charge in [0.15, 0.2) is 5.96 Å². The molecule has 3 heterocycles. The fourth-order valence-electron chi connectivity index (χ4n) is 2.92. The van der Waals surface area contributed by atoms with Gasteiger partial charge in [0.2, 0.25) is 0 Å². The molecule has 2 N–H and O–H groups in total. The molecule has 0 aliphatic carbocycles. The molecule has 1 fully saturated rings. The maximum atomic E-state index is 4.69. The molecule has 0 radical (unpaired) electrons. The number of hydrogen-bond acceptors (Lipinski definition) is 6. The van der Waals surface area contributed by atoms with Crippen LogP contribution in [0.1, 0.15) is 18.3 Å². The van der Waals surface area contributed by atoms with Crippen molar-refractivity contribution in [3.05, 3.63) is 36.0 Å². The number of anilines is 1. The normalized spacial score (nSPS) is 15.8. The van der Waals surface area contributed by atoms with E-state index in [0.29, 0.717) is 13.1 Å². The summed E-state index contributed by atoms with van der Waals surface area (Å²) in [5, 5.41) is 10.7. The van der Waals surface area contributed by atoms with Gasteiger partial charge in [0.05, 0.1) is 13.1 Å². The highest BCUT2D eigenvalue weighted by Crippen LogP contribution is 2.15. The van der Waals surface area contributed by atoms with Gasteiger partial charge < -0.3 is 20.4 Å². The van der Waals surface area contributed by atoms with Gasteiger partial charge in [-0.05, 0) is 31.7 Å². The molecular weight excluding hydrogens is 342 g/mol. The van der Waals surface area contributed by atoms with Gasteiger partial charge in [-0.1, -0.05) is 0 Å². The summed E-state index contributed by atoms with van der Waals surface area (Å²) >= 11 is 0. The lowest BCUT2D eigenvalue weighted by Gasteiger charge is -2.33. The summed E-state index contributed by atoms with van der Waals surface area (Å²) in [5.41, 5.74) is 1.15. The minimum absolute atomic E-state index is 0.575. The van der Waals surface area contributed by atoms with E-state index < -0.39 is 0 Å². The molecule has 146 valence electrons. The van der Waals surface area contributed by atoms with Crippen molar-refractivity contribution in [2.75, 3.05) is 44.7 Å². The van der Waals surface area contributed by atoms with Crippen molar-refractivity contribution in [2.24, 2.45) is 12.0 Å². The number of hydrogen-bond donors (Lipinski definition) is 2. The largest absolute Gasteiger partial charge is 0.357 e. The standard InChI is InChI=1S/C18H29N9/c1-4-19-18(22-13-17-23-14-24-26(17)3)21-12-15-5-6-20-16(11-15)27-9-7-25(2)8-10-27/h5-6,11,14H,4,7-10,12-13H2,1-3H3,(H2,19,21,22). The molecule has 3 rings (SSSR count). The van der Waals surface area contributed by atoms with Crippen LogP contribution in [0.2, 0.25) is 0 Å². The average Bonchev–Trinajstić information content (AvgIpc) is 3.10. The lowest BCUT2D eigenvalue weighted by Crippen LogP contribution is -2.44. The van der Waals surface area contributed by atoms with Crippen molar-refractivity contribution in [2.45, 2.75) is 20.0 Å². The molecule has 0 unspecified atom stereocenters. The molecule has 1 saturated heterocycles. The Balaban J connectivity index is 1.61. The van der Waals surface area contributed by atoms with Crippen molar-refractivity contribution in [1.82, 2.24) is 35.3 Å². The molecule has 0 atom stereocenters. The number of nitrogens with zero attached hydrogens (tertiary/aromatic N) is 7. The predicted molar refractivity (Wildman–Crippen MR) is 107 cm³/mol. The molecule has 0 aromatic carbocycles. The second-order valence-electron chi connectivity index (χ2n) is 6.66. The number of guanidine groups is 1. The summed E-state index contributed by atoms with van der Waals surface area (Å²) in [6.45, 7) is 8.19. The fraction of sp³-hybridized carbons (Fsp3) is 0.556. The highest BCUT2D eigenvalue weighted by Gasteiger charge is 2.15. The van der Waals surface area contributed by atoms with Crippen LogP contribution in [0.3, 0.4) is 0 Å². The summed E-state index contributed by atoms with van der Waals surface area (Å²) in [6, 6.07) is 4.16. The molecule has 27 heavy (non-hydrogen) atoms. The number of pyridine rings is 1. The molecule has 0 bridgehead atoms. The number of nitrogens with one attached hydrogen (secondary N) is 2. The van der Waals surface area contributed by atoms with Crippen LogP contribution in [-0.2, 0) is 20.1 Å². The third-order valence-electron chi connectivity index (χ3n) is 4.62. The van der Waals surface area contributed by atoms with Crippen LogP contribution >= 0.6 is 0 Å². The van der Waals surface area contributed by atoms with Gasteiger partial charge in [0, 0.05) is 46.0 Å². The van der Waals surface area contributed by atoms with Gasteiger partial charge in [-0.25, -0.2) is 15.0 Å². The van der Waals surface area contributed by atoms with Crippen LogP contribution in [0, 0.1) is 0 Å². The van der Waals surface area contributed by atoms with Gasteiger partial charge in [0.1, 0.15) is 18.0 Å². The van der Waals surface area contributed by atoms with E-state index in [1.165, 1.54) is 0 Å². The van der Waals surface area contributed by atoms with Crippen molar-refractivity contribution in [3.8, 4) is 0 Å². The molecule has 2 aromatic heterocycles. The van der Waals surface area contributed by atoms with Crippen LogP contribution < -0.4 is 15.5 Å². The number of aryl methyl sites for hydroxylation is 1. The molecule has 9 heteroatoms. The van der Waals surface area contributed by atoms with Gasteiger partial charge in [0.25, 0.3) is 0 Å². The quantitative estimate of drug-likeness (QED) is 0.555. The first kappa shape index (κ1) is 19.1. The second-order valence-corrected chi connectivity index (χ2v) is 6.66. The van der Waals surface area contributed by atoms with Gasteiger partial charge in [-0.2, -0.15) is 5.10 Å². The lowest BCUT2D eigenvalue weighted by atomic mass is 10.2. The minimum atomic E-state index is 0.575. The molecule has 0 saturated carbocycles. The molecule has 1 aliphatic heterocycles. The third-order valence-corrected chi connectivity index (χ3v) is 4.62. The van der Waals surface area contributed by atoms with Crippen LogP contribution in [0.5, 0.6) is 0 Å². The van der Waals surface area contributed by atoms with Gasteiger partial charge >= 0.3 is 0 Å². The smallest absolute Gasteiger partial charge is 0.191 e. The first-order valence-electron chi connectivity index (χ1n) is 9.39. The molecule has 1 aliphatic rings. The van der Waals surface area contributed by atoms with Crippen molar-refractivity contribution >= 4 is 11.8 Å². The van der Waals surface area contributed by atoms with Crippen LogP contribution in [0.4, 0.5) is 5.82 Å². The third kappa shape index (κ3) is 5.40. The SMILES string of the molecule is CCNC(=NCc1ccnc(N2CCN(C)CC2)c1)NCc1ncnn1C. The Kier molecular flexibility index (Phi) is 6.59. The zero-order valence-corrected chi connectivity index (χ0v) is 16.4. The topological polar surface area (TPSA) is 86.5 Å². The Labute approximate surface area is 160 Å². The van der Waals surface area contributed by atoms with Gasteiger partial charge in [-0.3, -0.25) is 4.68 Å².